The van der Waals surface area contributed by atoms with Gasteiger partial charge in [-0.2, -0.15) is 8.78 Å². The van der Waals surface area contributed by atoms with Crippen LogP contribution in [0, 0.1) is 0 Å². The molecule has 0 saturated heterocycles. The fraction of sp³-hybridized carbons (Fsp3) is 0.625. The second-order valence-corrected chi connectivity index (χ2v) is 5.35. The van der Waals surface area contributed by atoms with Gasteiger partial charge in [0.25, 0.3) is 0 Å². The minimum atomic E-state index is -2.76. The van der Waals surface area contributed by atoms with Gasteiger partial charge in [-0.05, 0) is 71.1 Å². The average molecular weight is 300 g/mol. The Morgan fingerprint density at radius 1 is 1.24 bits per heavy atom. The van der Waals surface area contributed by atoms with E-state index in [-0.39, 0.29) is 5.75 Å². The van der Waals surface area contributed by atoms with Gasteiger partial charge in [-0.15, -0.1) is 0 Å². The minimum absolute atomic E-state index is 0.214. The summed E-state index contributed by atoms with van der Waals surface area (Å²) >= 11 is 0. The lowest BCUT2D eigenvalue weighted by molar-refractivity contribution is -0.0498. The van der Waals surface area contributed by atoms with E-state index < -0.39 is 6.61 Å². The van der Waals surface area contributed by atoms with Gasteiger partial charge in [0.2, 0.25) is 0 Å². The lowest BCUT2D eigenvalue weighted by Crippen LogP contribution is -2.31. The van der Waals surface area contributed by atoms with Gasteiger partial charge < -0.3 is 15.0 Å². The average Bonchev–Trinajstić information content (AvgIpc) is 2.45. The molecule has 0 saturated carbocycles. The van der Waals surface area contributed by atoms with Crippen molar-refractivity contribution in [2.75, 3.05) is 27.2 Å². The Hall–Kier alpha value is -1.20. The highest BCUT2D eigenvalue weighted by Crippen LogP contribution is 2.16. The number of nitrogens with one attached hydrogen (secondary N) is 1. The van der Waals surface area contributed by atoms with Gasteiger partial charge in [0.1, 0.15) is 5.75 Å². The molecule has 21 heavy (non-hydrogen) atoms. The van der Waals surface area contributed by atoms with E-state index in [1.807, 2.05) is 19.2 Å². The maximum absolute atomic E-state index is 12.1. The maximum Gasteiger partial charge on any atom is 0.387 e. The van der Waals surface area contributed by atoms with Crippen LogP contribution >= 0.6 is 0 Å². The number of rotatable bonds is 10. The van der Waals surface area contributed by atoms with Crippen molar-refractivity contribution in [3.05, 3.63) is 29.8 Å². The summed E-state index contributed by atoms with van der Waals surface area (Å²) in [4.78, 5) is 2.35. The first-order chi connectivity index (χ1) is 10.0. The van der Waals surface area contributed by atoms with Crippen LogP contribution in [0.25, 0.3) is 0 Å². The summed E-state index contributed by atoms with van der Waals surface area (Å²) in [7, 11) is 4.10. The lowest BCUT2D eigenvalue weighted by atomic mass is 10.1. The Kier molecular flexibility index (Phi) is 8.23. The zero-order chi connectivity index (χ0) is 15.7. The summed E-state index contributed by atoms with van der Waals surface area (Å²) in [6.45, 7) is 1.56. The smallest absolute Gasteiger partial charge is 0.387 e. The first-order valence-corrected chi connectivity index (χ1v) is 7.41. The molecule has 1 aromatic carbocycles. The summed E-state index contributed by atoms with van der Waals surface area (Å²) in [5.74, 6) is 0.214. The molecule has 1 aromatic rings. The predicted octanol–water partition coefficient (Wildman–Crippen LogP) is 3.15. The maximum atomic E-state index is 12.1. The normalized spacial score (nSPS) is 12.9. The molecule has 0 aliphatic rings. The summed E-state index contributed by atoms with van der Waals surface area (Å²) < 4.78 is 28.5. The van der Waals surface area contributed by atoms with E-state index >= 15 is 0 Å². The highest BCUT2D eigenvalue weighted by atomic mass is 19.3. The first kappa shape index (κ1) is 17.9. The minimum Gasteiger partial charge on any atom is -0.435 e. The van der Waals surface area contributed by atoms with Crippen LogP contribution in [0.1, 0.15) is 25.3 Å². The number of benzene rings is 1. The van der Waals surface area contributed by atoms with Gasteiger partial charge in [-0.25, -0.2) is 0 Å². The molecule has 1 atom stereocenters. The monoisotopic (exact) mass is 300 g/mol. The van der Waals surface area contributed by atoms with Gasteiger partial charge in [0.15, 0.2) is 0 Å². The Morgan fingerprint density at radius 3 is 2.48 bits per heavy atom. The molecule has 1 unspecified atom stereocenters. The van der Waals surface area contributed by atoms with E-state index in [1.165, 1.54) is 0 Å². The summed E-state index contributed by atoms with van der Waals surface area (Å²) in [5.41, 5.74) is 1.15. The van der Waals surface area contributed by atoms with Crippen LogP contribution in [0.4, 0.5) is 8.78 Å². The molecule has 5 heteroatoms. The van der Waals surface area contributed by atoms with Crippen LogP contribution in [-0.2, 0) is 6.42 Å². The third kappa shape index (κ3) is 7.39. The van der Waals surface area contributed by atoms with Gasteiger partial charge in [-0.1, -0.05) is 12.1 Å². The number of hydrogen-bond acceptors (Lipinski definition) is 3. The number of aryl methyl sites for hydroxylation is 1. The van der Waals surface area contributed by atoms with Crippen molar-refractivity contribution in [2.24, 2.45) is 0 Å². The molecule has 0 bridgehead atoms. The largest absolute Gasteiger partial charge is 0.435 e. The molecule has 0 amide bonds. The Balaban J connectivity index is 2.33. The molecule has 120 valence electrons. The molecule has 0 aliphatic carbocycles. The van der Waals surface area contributed by atoms with Gasteiger partial charge >= 0.3 is 6.61 Å². The summed E-state index contributed by atoms with van der Waals surface area (Å²) in [5, 5.41) is 3.15. The first-order valence-electron chi connectivity index (χ1n) is 7.41. The zero-order valence-corrected chi connectivity index (χ0v) is 13.1. The highest BCUT2D eigenvalue weighted by molar-refractivity contribution is 5.27. The van der Waals surface area contributed by atoms with Gasteiger partial charge in [0.05, 0.1) is 0 Å². The second-order valence-electron chi connectivity index (χ2n) is 5.35. The van der Waals surface area contributed by atoms with Crippen molar-refractivity contribution in [2.45, 2.75) is 38.8 Å². The van der Waals surface area contributed by atoms with E-state index in [9.17, 15) is 8.78 Å². The molecule has 0 aromatic heterocycles. The Morgan fingerprint density at radius 2 is 1.90 bits per heavy atom. The number of ether oxygens (including phenoxy) is 1. The van der Waals surface area contributed by atoms with Crippen molar-refractivity contribution in [1.29, 1.82) is 0 Å². The van der Waals surface area contributed by atoms with Crippen LogP contribution in [0.5, 0.6) is 5.75 Å². The fourth-order valence-corrected chi connectivity index (χ4v) is 2.16. The SMILES string of the molecule is CNCCCN(C)C(C)CCc1ccc(OC(F)F)cc1. The lowest BCUT2D eigenvalue weighted by Gasteiger charge is -2.24. The van der Waals surface area contributed by atoms with Crippen molar-refractivity contribution < 1.29 is 13.5 Å². The van der Waals surface area contributed by atoms with Gasteiger partial charge in [-0.3, -0.25) is 0 Å². The third-order valence-corrected chi connectivity index (χ3v) is 3.69. The molecule has 0 heterocycles. The van der Waals surface area contributed by atoms with Crippen molar-refractivity contribution in [1.82, 2.24) is 10.2 Å². The number of halogens is 2. The zero-order valence-electron chi connectivity index (χ0n) is 13.1. The summed E-state index contributed by atoms with van der Waals surface area (Å²) in [6.07, 6.45) is 3.12. The van der Waals surface area contributed by atoms with Crippen molar-refractivity contribution in [3.8, 4) is 5.75 Å². The number of nitrogens with zero attached hydrogens (tertiary/aromatic N) is 1. The van der Waals surface area contributed by atoms with Crippen LogP contribution in [0.3, 0.4) is 0 Å². The topological polar surface area (TPSA) is 24.5 Å². The Labute approximate surface area is 126 Å². The van der Waals surface area contributed by atoms with E-state index in [0.29, 0.717) is 6.04 Å². The van der Waals surface area contributed by atoms with Crippen molar-refractivity contribution >= 4 is 0 Å². The van der Waals surface area contributed by atoms with E-state index in [2.05, 4.69) is 28.9 Å². The summed E-state index contributed by atoms with van der Waals surface area (Å²) in [6, 6.07) is 7.40. The number of hydrogen-bond donors (Lipinski definition) is 1. The number of alkyl halides is 2. The molecule has 0 aliphatic heterocycles. The van der Waals surface area contributed by atoms with Gasteiger partial charge in [0, 0.05) is 6.04 Å². The van der Waals surface area contributed by atoms with Crippen LogP contribution in [0.15, 0.2) is 24.3 Å². The molecule has 1 N–H and O–H groups in total. The Bertz CT molecular complexity index is 384. The quantitative estimate of drug-likeness (QED) is 0.672. The van der Waals surface area contributed by atoms with E-state index in [0.717, 1.165) is 37.9 Å². The fourth-order valence-electron chi connectivity index (χ4n) is 2.16. The molecular formula is C16H26F2N2O. The third-order valence-electron chi connectivity index (χ3n) is 3.69. The standard InChI is InChI=1S/C16H26F2N2O/c1-13(20(3)12-4-11-19-2)5-6-14-7-9-15(10-8-14)21-16(17)18/h7-10,13,16,19H,4-6,11-12H2,1-3H3. The van der Waals surface area contributed by atoms with E-state index in [1.54, 1.807) is 12.1 Å². The van der Waals surface area contributed by atoms with Crippen molar-refractivity contribution in [3.63, 3.8) is 0 Å². The van der Waals surface area contributed by atoms with E-state index in [4.69, 9.17) is 0 Å². The van der Waals surface area contributed by atoms with Crippen LogP contribution in [-0.4, -0.2) is 44.7 Å². The molecule has 0 fully saturated rings. The molecule has 0 radical (unpaired) electrons. The molecule has 0 spiro atoms. The van der Waals surface area contributed by atoms with Crippen LogP contribution < -0.4 is 10.1 Å². The predicted molar refractivity (Wildman–Crippen MR) is 82.0 cm³/mol. The molecule has 3 nitrogen and oxygen atoms in total. The van der Waals surface area contributed by atoms with Crippen LogP contribution in [0.2, 0.25) is 0 Å². The molecule has 1 rings (SSSR count). The highest BCUT2D eigenvalue weighted by Gasteiger charge is 2.09. The molecular weight excluding hydrogens is 274 g/mol. The second kappa shape index (κ2) is 9.68.